The fraction of sp³-hybridized carbons (Fsp3) is 0.133. The van der Waals surface area contributed by atoms with Crippen LogP contribution in [0.15, 0.2) is 36.5 Å². The van der Waals surface area contributed by atoms with Gasteiger partial charge in [0, 0.05) is 11.8 Å². The van der Waals surface area contributed by atoms with Gasteiger partial charge in [-0.15, -0.1) is 12.4 Å². The van der Waals surface area contributed by atoms with Crippen molar-refractivity contribution < 1.29 is 24.5 Å². The van der Waals surface area contributed by atoms with Gasteiger partial charge in [-0.1, -0.05) is 30.3 Å². The number of aromatic hydroxyl groups is 1. The van der Waals surface area contributed by atoms with Gasteiger partial charge in [0.05, 0.1) is 12.2 Å². The third kappa shape index (κ3) is 3.35. The number of ether oxygens (including phenoxy) is 1. The lowest BCUT2D eigenvalue weighted by molar-refractivity contribution is 0.0513. The number of carboxylic acid groups (broad SMARTS) is 1. The lowest BCUT2D eigenvalue weighted by atomic mass is 10.0. The normalized spacial score (nSPS) is 9.68. The van der Waals surface area contributed by atoms with Crippen LogP contribution >= 0.6 is 12.4 Å². The maximum Gasteiger partial charge on any atom is 0.340 e. The van der Waals surface area contributed by atoms with E-state index in [0.717, 1.165) is 6.20 Å². The summed E-state index contributed by atoms with van der Waals surface area (Å²) in [5, 5.41) is 19.4. The van der Waals surface area contributed by atoms with Crippen molar-refractivity contribution in [3.8, 4) is 17.0 Å². The number of rotatable bonds is 4. The Hall–Kier alpha value is -2.60. The molecule has 22 heavy (non-hydrogen) atoms. The van der Waals surface area contributed by atoms with E-state index in [1.807, 2.05) is 0 Å². The minimum atomic E-state index is -1.42. The van der Waals surface area contributed by atoms with Crippen LogP contribution in [0, 0.1) is 0 Å². The van der Waals surface area contributed by atoms with E-state index in [2.05, 4.69) is 4.98 Å². The molecule has 0 saturated heterocycles. The lowest BCUT2D eigenvalue weighted by Gasteiger charge is -2.10. The fourth-order valence-corrected chi connectivity index (χ4v) is 1.89. The summed E-state index contributed by atoms with van der Waals surface area (Å²) < 4.78 is 4.77. The predicted octanol–water partition coefficient (Wildman–Crippen LogP) is 2.75. The molecule has 1 heterocycles. The van der Waals surface area contributed by atoms with Crippen molar-refractivity contribution in [3.05, 3.63) is 47.7 Å². The van der Waals surface area contributed by atoms with Crippen LogP contribution < -0.4 is 0 Å². The van der Waals surface area contributed by atoms with E-state index in [1.165, 1.54) is 0 Å². The summed E-state index contributed by atoms with van der Waals surface area (Å²) in [6, 6.07) is 8.60. The van der Waals surface area contributed by atoms with Gasteiger partial charge in [0.2, 0.25) is 0 Å². The number of carboxylic acids is 1. The van der Waals surface area contributed by atoms with Gasteiger partial charge >= 0.3 is 11.9 Å². The number of pyridine rings is 1. The van der Waals surface area contributed by atoms with Crippen LogP contribution in [0.5, 0.6) is 5.75 Å². The Morgan fingerprint density at radius 1 is 1.23 bits per heavy atom. The monoisotopic (exact) mass is 323 g/mol. The van der Waals surface area contributed by atoms with Crippen LogP contribution in [-0.4, -0.2) is 33.7 Å². The minimum absolute atomic E-state index is 0. The number of hydrogen-bond acceptors (Lipinski definition) is 5. The molecule has 0 aliphatic rings. The summed E-state index contributed by atoms with van der Waals surface area (Å²) >= 11 is 0. The zero-order chi connectivity index (χ0) is 15.4. The molecule has 0 fully saturated rings. The molecule has 2 aromatic rings. The first-order chi connectivity index (χ1) is 10.1. The number of benzene rings is 1. The summed E-state index contributed by atoms with van der Waals surface area (Å²) in [5.41, 5.74) is -0.141. The standard InChI is InChI=1S/C15H13NO5.ClH/c1-2-21-15(20)10-8-16-12(9-6-4-3-5-7-9)13(17)11(10)14(18)19;/h3-8,17H,2H2,1H3,(H,18,19);1H. The molecule has 1 aromatic carbocycles. The Labute approximate surface area is 132 Å². The molecule has 116 valence electrons. The highest BCUT2D eigenvalue weighted by atomic mass is 35.5. The molecule has 0 amide bonds. The van der Waals surface area contributed by atoms with Gasteiger partial charge in [0.25, 0.3) is 0 Å². The number of aromatic carboxylic acids is 1. The second-order valence-corrected chi connectivity index (χ2v) is 4.14. The molecular formula is C15H14ClNO5. The van der Waals surface area contributed by atoms with Crippen molar-refractivity contribution in [1.29, 1.82) is 0 Å². The molecule has 0 saturated carbocycles. The van der Waals surface area contributed by atoms with Gasteiger partial charge in [-0.2, -0.15) is 0 Å². The van der Waals surface area contributed by atoms with E-state index in [4.69, 9.17) is 4.74 Å². The number of esters is 1. The SMILES string of the molecule is CCOC(=O)c1cnc(-c2ccccc2)c(O)c1C(=O)O.Cl. The van der Waals surface area contributed by atoms with E-state index in [0.29, 0.717) is 5.56 Å². The number of carbonyl (C=O) groups excluding carboxylic acids is 1. The molecule has 2 N–H and O–H groups in total. The van der Waals surface area contributed by atoms with E-state index < -0.39 is 23.3 Å². The van der Waals surface area contributed by atoms with Gasteiger partial charge < -0.3 is 14.9 Å². The van der Waals surface area contributed by atoms with Crippen LogP contribution in [0.25, 0.3) is 11.3 Å². The predicted molar refractivity (Wildman–Crippen MR) is 81.5 cm³/mol. The fourth-order valence-electron chi connectivity index (χ4n) is 1.89. The lowest BCUT2D eigenvalue weighted by Crippen LogP contribution is -2.13. The molecule has 0 spiro atoms. The Morgan fingerprint density at radius 3 is 2.41 bits per heavy atom. The number of halogens is 1. The van der Waals surface area contributed by atoms with Crippen LogP contribution in [0.4, 0.5) is 0 Å². The first-order valence-corrected chi connectivity index (χ1v) is 6.24. The van der Waals surface area contributed by atoms with Crippen LogP contribution in [0.3, 0.4) is 0 Å². The Kier molecular flexibility index (Phi) is 5.89. The van der Waals surface area contributed by atoms with E-state index in [1.54, 1.807) is 37.3 Å². The highest BCUT2D eigenvalue weighted by Gasteiger charge is 2.25. The smallest absolute Gasteiger partial charge is 0.340 e. The summed E-state index contributed by atoms with van der Waals surface area (Å²) in [6.07, 6.45) is 1.10. The first kappa shape index (κ1) is 17.5. The van der Waals surface area contributed by atoms with Crippen LogP contribution in [-0.2, 0) is 4.74 Å². The van der Waals surface area contributed by atoms with Crippen LogP contribution in [0.1, 0.15) is 27.6 Å². The Balaban J connectivity index is 0.00000242. The Bertz CT molecular complexity index is 688. The largest absolute Gasteiger partial charge is 0.505 e. The molecule has 0 unspecified atom stereocenters. The zero-order valence-electron chi connectivity index (χ0n) is 11.6. The third-order valence-corrected chi connectivity index (χ3v) is 2.81. The molecule has 0 radical (unpaired) electrons. The molecule has 0 aliphatic carbocycles. The summed E-state index contributed by atoms with van der Waals surface area (Å²) in [6.45, 7) is 1.70. The molecule has 2 rings (SSSR count). The maximum absolute atomic E-state index is 11.7. The molecule has 7 heteroatoms. The van der Waals surface area contributed by atoms with Crippen molar-refractivity contribution in [3.63, 3.8) is 0 Å². The quantitative estimate of drug-likeness (QED) is 0.840. The van der Waals surface area contributed by atoms with E-state index >= 15 is 0 Å². The van der Waals surface area contributed by atoms with Gasteiger partial charge in [-0.3, -0.25) is 4.98 Å². The molecule has 6 nitrogen and oxygen atoms in total. The number of aromatic nitrogens is 1. The van der Waals surface area contributed by atoms with Gasteiger partial charge in [0.1, 0.15) is 11.3 Å². The number of carbonyl (C=O) groups is 2. The summed E-state index contributed by atoms with van der Waals surface area (Å²) in [4.78, 5) is 27.1. The Morgan fingerprint density at radius 2 is 1.86 bits per heavy atom. The topological polar surface area (TPSA) is 96.7 Å². The first-order valence-electron chi connectivity index (χ1n) is 6.24. The van der Waals surface area contributed by atoms with Crippen molar-refractivity contribution in [2.75, 3.05) is 6.61 Å². The minimum Gasteiger partial charge on any atom is -0.505 e. The second kappa shape index (κ2) is 7.42. The molecule has 0 atom stereocenters. The molecule has 0 bridgehead atoms. The average molecular weight is 324 g/mol. The van der Waals surface area contributed by atoms with Crippen molar-refractivity contribution in [1.82, 2.24) is 4.98 Å². The average Bonchev–Trinajstić information content (AvgIpc) is 2.47. The highest BCUT2D eigenvalue weighted by molar-refractivity contribution is 6.05. The van der Waals surface area contributed by atoms with Gasteiger partial charge in [-0.05, 0) is 6.92 Å². The van der Waals surface area contributed by atoms with Gasteiger partial charge in [0.15, 0.2) is 5.75 Å². The van der Waals surface area contributed by atoms with Crippen molar-refractivity contribution >= 4 is 24.3 Å². The number of hydrogen-bond donors (Lipinski definition) is 2. The van der Waals surface area contributed by atoms with Crippen LogP contribution in [0.2, 0.25) is 0 Å². The number of nitrogens with zero attached hydrogens (tertiary/aromatic N) is 1. The van der Waals surface area contributed by atoms with E-state index in [-0.39, 0.29) is 30.3 Å². The zero-order valence-corrected chi connectivity index (χ0v) is 12.5. The molecule has 0 aliphatic heterocycles. The highest BCUT2D eigenvalue weighted by Crippen LogP contribution is 2.32. The summed E-state index contributed by atoms with van der Waals surface area (Å²) in [7, 11) is 0. The summed E-state index contributed by atoms with van der Waals surface area (Å²) in [5.74, 6) is -2.81. The van der Waals surface area contributed by atoms with Crippen molar-refractivity contribution in [2.24, 2.45) is 0 Å². The molecule has 1 aromatic heterocycles. The van der Waals surface area contributed by atoms with Gasteiger partial charge in [-0.25, -0.2) is 9.59 Å². The van der Waals surface area contributed by atoms with E-state index in [9.17, 15) is 19.8 Å². The second-order valence-electron chi connectivity index (χ2n) is 4.14. The third-order valence-electron chi connectivity index (χ3n) is 2.81. The van der Waals surface area contributed by atoms with Crippen molar-refractivity contribution in [2.45, 2.75) is 6.92 Å². The maximum atomic E-state index is 11.7. The molecular weight excluding hydrogens is 310 g/mol.